The molecule has 1 aromatic carbocycles. The van der Waals surface area contributed by atoms with Crippen molar-refractivity contribution in [1.82, 2.24) is 4.98 Å². The molecule has 0 aliphatic carbocycles. The normalized spacial score (nSPS) is 12.3. The summed E-state index contributed by atoms with van der Waals surface area (Å²) >= 11 is 0. The molecular formula is C13H7F6NO. The molecule has 8 heteroatoms. The SMILES string of the molecule is FC(F)(F)c1ccc(Oc2ccccn2)c(C(F)(F)F)c1. The van der Waals surface area contributed by atoms with Gasteiger partial charge in [0.15, 0.2) is 0 Å². The van der Waals surface area contributed by atoms with Crippen molar-refractivity contribution in [2.75, 3.05) is 0 Å². The van der Waals surface area contributed by atoms with Crippen LogP contribution in [0.5, 0.6) is 11.6 Å². The van der Waals surface area contributed by atoms with Crippen LogP contribution < -0.4 is 4.74 Å². The van der Waals surface area contributed by atoms with Crippen LogP contribution in [0.25, 0.3) is 0 Å². The molecule has 0 bridgehead atoms. The predicted molar refractivity (Wildman–Crippen MR) is 60.8 cm³/mol. The zero-order valence-corrected chi connectivity index (χ0v) is 10.2. The molecule has 0 fully saturated rings. The molecule has 0 N–H and O–H groups in total. The summed E-state index contributed by atoms with van der Waals surface area (Å²) in [4.78, 5) is 3.66. The summed E-state index contributed by atoms with van der Waals surface area (Å²) in [5.74, 6) is -0.892. The zero-order chi connectivity index (χ0) is 15.7. The lowest BCUT2D eigenvalue weighted by Crippen LogP contribution is -2.12. The van der Waals surface area contributed by atoms with E-state index in [9.17, 15) is 26.3 Å². The van der Waals surface area contributed by atoms with Gasteiger partial charge in [0.2, 0.25) is 5.88 Å². The molecule has 0 spiro atoms. The molecule has 0 atom stereocenters. The van der Waals surface area contributed by atoms with Crippen molar-refractivity contribution in [2.45, 2.75) is 12.4 Å². The highest BCUT2D eigenvalue weighted by Crippen LogP contribution is 2.41. The van der Waals surface area contributed by atoms with Gasteiger partial charge in [-0.05, 0) is 24.3 Å². The average Bonchev–Trinajstić information content (AvgIpc) is 2.38. The van der Waals surface area contributed by atoms with Crippen LogP contribution in [-0.2, 0) is 12.4 Å². The van der Waals surface area contributed by atoms with Crippen molar-refractivity contribution in [3.8, 4) is 11.6 Å². The highest BCUT2D eigenvalue weighted by Gasteiger charge is 2.39. The monoisotopic (exact) mass is 307 g/mol. The number of ether oxygens (including phenoxy) is 1. The fourth-order valence-electron chi connectivity index (χ4n) is 1.54. The maximum atomic E-state index is 12.9. The molecule has 0 amide bonds. The number of nitrogens with zero attached hydrogens (tertiary/aromatic N) is 1. The van der Waals surface area contributed by atoms with Gasteiger partial charge in [-0.15, -0.1) is 0 Å². The second kappa shape index (κ2) is 5.27. The first kappa shape index (κ1) is 15.1. The third-order valence-corrected chi connectivity index (χ3v) is 2.46. The van der Waals surface area contributed by atoms with Crippen molar-refractivity contribution >= 4 is 0 Å². The minimum Gasteiger partial charge on any atom is -0.438 e. The van der Waals surface area contributed by atoms with Crippen LogP contribution in [0.3, 0.4) is 0 Å². The third-order valence-electron chi connectivity index (χ3n) is 2.46. The van der Waals surface area contributed by atoms with Gasteiger partial charge in [0.25, 0.3) is 0 Å². The summed E-state index contributed by atoms with van der Waals surface area (Å²) in [6, 6.07) is 5.44. The molecular weight excluding hydrogens is 300 g/mol. The van der Waals surface area contributed by atoms with Gasteiger partial charge in [-0.1, -0.05) is 6.07 Å². The first-order chi connectivity index (χ1) is 9.68. The van der Waals surface area contributed by atoms with Crippen molar-refractivity contribution in [2.24, 2.45) is 0 Å². The Kier molecular flexibility index (Phi) is 3.80. The zero-order valence-electron chi connectivity index (χ0n) is 10.2. The molecule has 0 saturated heterocycles. The standard InChI is InChI=1S/C13H7F6NO/c14-12(15,16)8-4-5-10(9(7-8)13(17,18)19)21-11-3-1-2-6-20-11/h1-7H. The molecule has 0 saturated carbocycles. The lowest BCUT2D eigenvalue weighted by atomic mass is 10.1. The molecule has 2 rings (SSSR count). The van der Waals surface area contributed by atoms with E-state index in [1.165, 1.54) is 24.4 Å². The summed E-state index contributed by atoms with van der Waals surface area (Å²) in [6.45, 7) is 0. The lowest BCUT2D eigenvalue weighted by molar-refractivity contribution is -0.143. The lowest BCUT2D eigenvalue weighted by Gasteiger charge is -2.15. The summed E-state index contributed by atoms with van der Waals surface area (Å²) in [5, 5.41) is 0. The molecule has 21 heavy (non-hydrogen) atoms. The maximum absolute atomic E-state index is 12.9. The van der Waals surface area contributed by atoms with Crippen molar-refractivity contribution < 1.29 is 31.1 Å². The molecule has 0 radical (unpaired) electrons. The molecule has 0 aliphatic rings. The van der Waals surface area contributed by atoms with Crippen molar-refractivity contribution in [3.63, 3.8) is 0 Å². The van der Waals surface area contributed by atoms with Gasteiger partial charge in [0.1, 0.15) is 5.75 Å². The van der Waals surface area contributed by atoms with Crippen LogP contribution in [0, 0.1) is 0 Å². The number of pyridine rings is 1. The van der Waals surface area contributed by atoms with Gasteiger partial charge in [0, 0.05) is 12.3 Å². The fourth-order valence-corrected chi connectivity index (χ4v) is 1.54. The van der Waals surface area contributed by atoms with Crippen LogP contribution in [0.1, 0.15) is 11.1 Å². The molecule has 1 heterocycles. The van der Waals surface area contributed by atoms with Crippen LogP contribution in [-0.4, -0.2) is 4.98 Å². The Morgan fingerprint density at radius 2 is 1.57 bits per heavy atom. The number of alkyl halides is 6. The van der Waals surface area contributed by atoms with Crippen LogP contribution in [0.4, 0.5) is 26.3 Å². The Labute approximate surface area is 115 Å². The number of aromatic nitrogens is 1. The number of halogens is 6. The second-order valence-corrected chi connectivity index (χ2v) is 3.98. The molecule has 112 valence electrons. The van der Waals surface area contributed by atoms with Gasteiger partial charge in [-0.25, -0.2) is 4.98 Å². The van der Waals surface area contributed by atoms with E-state index >= 15 is 0 Å². The summed E-state index contributed by atoms with van der Waals surface area (Å²) < 4.78 is 80.9. The number of benzene rings is 1. The molecule has 1 aromatic heterocycles. The average molecular weight is 307 g/mol. The van der Waals surface area contributed by atoms with E-state index in [0.29, 0.717) is 12.1 Å². The fraction of sp³-hybridized carbons (Fsp3) is 0.154. The predicted octanol–water partition coefficient (Wildman–Crippen LogP) is 4.91. The van der Waals surface area contributed by atoms with E-state index < -0.39 is 29.2 Å². The molecule has 2 aromatic rings. The Morgan fingerprint density at radius 3 is 2.10 bits per heavy atom. The van der Waals surface area contributed by atoms with E-state index in [2.05, 4.69) is 4.98 Å². The third kappa shape index (κ3) is 3.65. The minimum absolute atomic E-state index is 0.0122. The van der Waals surface area contributed by atoms with Crippen LogP contribution >= 0.6 is 0 Å². The van der Waals surface area contributed by atoms with Crippen LogP contribution in [0.2, 0.25) is 0 Å². The van der Waals surface area contributed by atoms with E-state index in [1.54, 1.807) is 0 Å². The van der Waals surface area contributed by atoms with Gasteiger partial charge in [-0.3, -0.25) is 0 Å². The highest BCUT2D eigenvalue weighted by atomic mass is 19.4. The maximum Gasteiger partial charge on any atom is 0.420 e. The Morgan fingerprint density at radius 1 is 0.857 bits per heavy atom. The van der Waals surface area contributed by atoms with Gasteiger partial charge >= 0.3 is 12.4 Å². The Balaban J connectivity index is 2.46. The number of hydrogen-bond donors (Lipinski definition) is 0. The first-order valence-corrected chi connectivity index (χ1v) is 5.55. The van der Waals surface area contributed by atoms with Gasteiger partial charge in [0.05, 0.1) is 11.1 Å². The van der Waals surface area contributed by atoms with E-state index in [1.807, 2.05) is 0 Å². The summed E-state index contributed by atoms with van der Waals surface area (Å²) in [6.07, 6.45) is -8.57. The Hall–Kier alpha value is -2.25. The smallest absolute Gasteiger partial charge is 0.420 e. The minimum atomic E-state index is -4.98. The topological polar surface area (TPSA) is 22.1 Å². The van der Waals surface area contributed by atoms with E-state index in [4.69, 9.17) is 4.74 Å². The van der Waals surface area contributed by atoms with Crippen LogP contribution in [0.15, 0.2) is 42.6 Å². The van der Waals surface area contributed by atoms with Crippen molar-refractivity contribution in [1.29, 1.82) is 0 Å². The van der Waals surface area contributed by atoms with E-state index in [0.717, 1.165) is 0 Å². The van der Waals surface area contributed by atoms with Gasteiger partial charge < -0.3 is 4.74 Å². The number of rotatable bonds is 2. The summed E-state index contributed by atoms with van der Waals surface area (Å²) in [7, 11) is 0. The molecule has 0 aliphatic heterocycles. The van der Waals surface area contributed by atoms with E-state index in [-0.39, 0.29) is 11.9 Å². The summed E-state index contributed by atoms with van der Waals surface area (Å²) in [5.41, 5.74) is -2.91. The first-order valence-electron chi connectivity index (χ1n) is 5.55. The quantitative estimate of drug-likeness (QED) is 0.735. The second-order valence-electron chi connectivity index (χ2n) is 3.98. The molecule has 0 unspecified atom stereocenters. The largest absolute Gasteiger partial charge is 0.438 e. The molecule has 2 nitrogen and oxygen atoms in total. The highest BCUT2D eigenvalue weighted by molar-refractivity contribution is 5.42. The Bertz CT molecular complexity index is 621. The number of hydrogen-bond acceptors (Lipinski definition) is 2. The van der Waals surface area contributed by atoms with Crippen molar-refractivity contribution in [3.05, 3.63) is 53.7 Å². The van der Waals surface area contributed by atoms with Gasteiger partial charge in [-0.2, -0.15) is 26.3 Å².